The molecule has 2 atom stereocenters. The molecule has 44 heavy (non-hydrogen) atoms. The first-order chi connectivity index (χ1) is 20.9. The fourth-order valence-corrected chi connectivity index (χ4v) is 7.50. The van der Waals surface area contributed by atoms with E-state index in [1.807, 2.05) is 31.5 Å². The van der Waals surface area contributed by atoms with Gasteiger partial charge in [0.15, 0.2) is 5.82 Å². The van der Waals surface area contributed by atoms with E-state index in [0.717, 1.165) is 30.5 Å². The molecule has 10 nitrogen and oxygen atoms in total. The molecule has 0 amide bonds. The molecule has 1 aliphatic carbocycles. The normalized spacial score (nSPS) is 19.6. The number of anilines is 2. The summed E-state index contributed by atoms with van der Waals surface area (Å²) in [5, 5.41) is 16.4. The Balaban J connectivity index is 1.22. The molecule has 13 heteroatoms. The highest BCUT2D eigenvalue weighted by molar-refractivity contribution is 7.89. The molecular weight excluding hydrogens is 607 g/mol. The van der Waals surface area contributed by atoms with E-state index in [4.69, 9.17) is 26.2 Å². The second-order valence-electron chi connectivity index (χ2n) is 12.1. The summed E-state index contributed by atoms with van der Waals surface area (Å²) in [5.74, 6) is 1.14. The zero-order valence-corrected chi connectivity index (χ0v) is 26.5. The number of aromatic nitrogens is 4. The van der Waals surface area contributed by atoms with E-state index in [0.29, 0.717) is 22.5 Å². The zero-order valence-electron chi connectivity index (χ0n) is 24.9. The van der Waals surface area contributed by atoms with E-state index >= 15 is 4.39 Å². The summed E-state index contributed by atoms with van der Waals surface area (Å²) in [6.45, 7) is 6.13. The standard InChI is InChI=1S/C31H34ClFN6O4S/c1-31(2,3)39-28(16-26(37-39)20-7-10-22(15-20)43-30-24(32)13-14-34-36-30)35-25-11-12-27-23(29(25)33)18-38(44(27,40)41)17-19-5-8-21(42-4)9-6-19/h5-6,8-9,11-14,16,20,22,35H,7,10,15,17-18H2,1-4H3. The van der Waals surface area contributed by atoms with Gasteiger partial charge in [-0.25, -0.2) is 17.5 Å². The van der Waals surface area contributed by atoms with Gasteiger partial charge < -0.3 is 14.8 Å². The molecule has 2 unspecified atom stereocenters. The van der Waals surface area contributed by atoms with Crippen LogP contribution in [0.25, 0.3) is 0 Å². The number of hydrogen-bond donors (Lipinski definition) is 1. The van der Waals surface area contributed by atoms with Gasteiger partial charge in [0.2, 0.25) is 10.0 Å². The van der Waals surface area contributed by atoms with Crippen LogP contribution in [0.5, 0.6) is 11.6 Å². The fourth-order valence-electron chi connectivity index (χ4n) is 5.76. The molecule has 0 bridgehead atoms. The van der Waals surface area contributed by atoms with E-state index < -0.39 is 21.4 Å². The van der Waals surface area contributed by atoms with Gasteiger partial charge in [0.1, 0.15) is 22.7 Å². The van der Waals surface area contributed by atoms with Crippen molar-refractivity contribution in [2.75, 3.05) is 12.4 Å². The van der Waals surface area contributed by atoms with Crippen molar-refractivity contribution in [3.63, 3.8) is 0 Å². The van der Waals surface area contributed by atoms with Gasteiger partial charge in [0.05, 0.1) is 35.1 Å². The summed E-state index contributed by atoms with van der Waals surface area (Å²) in [6, 6.07) is 13.7. The Kier molecular flexibility index (Phi) is 8.02. The van der Waals surface area contributed by atoms with E-state index in [1.54, 1.807) is 37.4 Å². The molecule has 1 N–H and O–H groups in total. The van der Waals surface area contributed by atoms with Gasteiger partial charge in [-0.3, -0.25) is 0 Å². The Bertz CT molecular complexity index is 1790. The summed E-state index contributed by atoms with van der Waals surface area (Å²) in [6.07, 6.45) is 3.83. The van der Waals surface area contributed by atoms with E-state index in [-0.39, 0.29) is 41.3 Å². The van der Waals surface area contributed by atoms with Gasteiger partial charge in [0, 0.05) is 30.6 Å². The van der Waals surface area contributed by atoms with Crippen LogP contribution in [0, 0.1) is 5.82 Å². The molecule has 232 valence electrons. The Morgan fingerprint density at radius 3 is 2.59 bits per heavy atom. The monoisotopic (exact) mass is 640 g/mol. The van der Waals surface area contributed by atoms with Crippen molar-refractivity contribution in [2.45, 2.75) is 75.6 Å². The summed E-state index contributed by atoms with van der Waals surface area (Å²) in [7, 11) is -2.28. The van der Waals surface area contributed by atoms with Crippen LogP contribution in [-0.4, -0.2) is 45.9 Å². The molecule has 1 aliphatic heterocycles. The Labute approximate surface area is 261 Å². The SMILES string of the molecule is COc1ccc(CN2Cc3c(ccc(Nc4cc(C5CCC(Oc6nnccc6Cl)C5)nn4C(C)(C)C)c3F)S2(=O)=O)cc1. The van der Waals surface area contributed by atoms with Crippen LogP contribution in [0.1, 0.15) is 62.8 Å². The van der Waals surface area contributed by atoms with Crippen LogP contribution < -0.4 is 14.8 Å². The zero-order chi connectivity index (χ0) is 31.2. The average Bonchev–Trinajstić information content (AvgIpc) is 3.69. The lowest BCUT2D eigenvalue weighted by atomic mass is 10.0. The molecular formula is C31H34ClFN6O4S. The Morgan fingerprint density at radius 1 is 1.11 bits per heavy atom. The maximum atomic E-state index is 16.0. The molecule has 6 rings (SSSR count). The summed E-state index contributed by atoms with van der Waals surface area (Å²) >= 11 is 6.20. The number of rotatable bonds is 8. The highest BCUT2D eigenvalue weighted by Crippen LogP contribution is 2.40. The van der Waals surface area contributed by atoms with Crippen molar-refractivity contribution in [3.05, 3.63) is 82.4 Å². The number of fused-ring (bicyclic) bond motifs is 1. The number of methoxy groups -OCH3 is 1. The number of nitrogens with zero attached hydrogens (tertiary/aromatic N) is 5. The minimum absolute atomic E-state index is 0.0145. The van der Waals surface area contributed by atoms with Crippen LogP contribution >= 0.6 is 11.6 Å². The third kappa shape index (κ3) is 5.85. The Hall–Kier alpha value is -3.74. The van der Waals surface area contributed by atoms with Crippen LogP contribution in [0.3, 0.4) is 0 Å². The molecule has 3 heterocycles. The molecule has 0 spiro atoms. The number of benzene rings is 2. The number of halogens is 2. The second-order valence-corrected chi connectivity index (χ2v) is 14.4. The Morgan fingerprint density at radius 2 is 1.89 bits per heavy atom. The maximum absolute atomic E-state index is 16.0. The summed E-state index contributed by atoms with van der Waals surface area (Å²) in [4.78, 5) is -0.0145. The van der Waals surface area contributed by atoms with Crippen LogP contribution in [0.2, 0.25) is 5.02 Å². The van der Waals surface area contributed by atoms with E-state index in [1.165, 1.54) is 22.6 Å². The predicted molar refractivity (Wildman–Crippen MR) is 164 cm³/mol. The first-order valence-electron chi connectivity index (χ1n) is 14.4. The minimum Gasteiger partial charge on any atom is -0.497 e. The van der Waals surface area contributed by atoms with Gasteiger partial charge in [-0.15, -0.1) is 5.10 Å². The first-order valence-corrected chi connectivity index (χ1v) is 16.2. The lowest BCUT2D eigenvalue weighted by molar-refractivity contribution is 0.197. The number of ether oxygens (including phenoxy) is 2. The highest BCUT2D eigenvalue weighted by atomic mass is 35.5. The van der Waals surface area contributed by atoms with Crippen molar-refractivity contribution in [1.82, 2.24) is 24.3 Å². The lowest BCUT2D eigenvalue weighted by Gasteiger charge is -2.23. The number of sulfonamides is 1. The van der Waals surface area contributed by atoms with Crippen molar-refractivity contribution in [1.29, 1.82) is 0 Å². The van der Waals surface area contributed by atoms with Gasteiger partial charge in [-0.2, -0.15) is 14.5 Å². The van der Waals surface area contributed by atoms with Crippen molar-refractivity contribution in [2.24, 2.45) is 0 Å². The molecule has 4 aromatic rings. The van der Waals surface area contributed by atoms with Crippen molar-refractivity contribution in [3.8, 4) is 11.6 Å². The lowest BCUT2D eigenvalue weighted by Crippen LogP contribution is -2.25. The van der Waals surface area contributed by atoms with Crippen LogP contribution in [-0.2, 0) is 28.7 Å². The summed E-state index contributed by atoms with van der Waals surface area (Å²) < 4.78 is 57.0. The maximum Gasteiger partial charge on any atom is 0.252 e. The molecule has 1 saturated carbocycles. The van der Waals surface area contributed by atoms with E-state index in [2.05, 4.69) is 15.5 Å². The second kappa shape index (κ2) is 11.6. The highest BCUT2D eigenvalue weighted by Gasteiger charge is 2.38. The third-order valence-electron chi connectivity index (χ3n) is 8.02. The van der Waals surface area contributed by atoms with Gasteiger partial charge >= 0.3 is 0 Å². The minimum atomic E-state index is -3.85. The van der Waals surface area contributed by atoms with Crippen LogP contribution in [0.15, 0.2) is 59.6 Å². The third-order valence-corrected chi connectivity index (χ3v) is 10.2. The molecule has 0 saturated heterocycles. The van der Waals surface area contributed by atoms with E-state index in [9.17, 15) is 8.42 Å². The number of nitrogens with one attached hydrogen (secondary N) is 1. The smallest absolute Gasteiger partial charge is 0.252 e. The molecule has 0 radical (unpaired) electrons. The molecule has 2 aliphatic rings. The predicted octanol–water partition coefficient (Wildman–Crippen LogP) is 6.39. The van der Waals surface area contributed by atoms with Gasteiger partial charge in [0.25, 0.3) is 5.88 Å². The van der Waals surface area contributed by atoms with Gasteiger partial charge in [-0.05, 0) is 75.9 Å². The van der Waals surface area contributed by atoms with Crippen molar-refractivity contribution < 1.29 is 22.3 Å². The quantitative estimate of drug-likeness (QED) is 0.236. The summed E-state index contributed by atoms with van der Waals surface area (Å²) in [5.41, 5.74) is 1.57. The van der Waals surface area contributed by atoms with Crippen molar-refractivity contribution >= 4 is 33.1 Å². The van der Waals surface area contributed by atoms with Crippen LogP contribution in [0.4, 0.5) is 15.9 Å². The molecule has 2 aromatic carbocycles. The first kappa shape index (κ1) is 30.3. The largest absolute Gasteiger partial charge is 0.497 e. The van der Waals surface area contributed by atoms with Gasteiger partial charge in [-0.1, -0.05) is 23.7 Å². The number of hydrogen-bond acceptors (Lipinski definition) is 8. The molecule has 1 fully saturated rings. The topological polar surface area (TPSA) is 111 Å². The molecule has 2 aromatic heterocycles. The fraction of sp³-hybridized carbons (Fsp3) is 0.387. The average molecular weight is 641 g/mol.